The number of carbonyl (C=O) groups excluding carboxylic acids is 2. The van der Waals surface area contributed by atoms with Crippen molar-refractivity contribution >= 4 is 23.2 Å². The Bertz CT molecular complexity index is 786. The molecule has 1 aliphatic carbocycles. The van der Waals surface area contributed by atoms with Gasteiger partial charge in [-0.1, -0.05) is 0 Å². The van der Waals surface area contributed by atoms with Crippen molar-refractivity contribution in [2.75, 3.05) is 10.2 Å². The third-order valence-corrected chi connectivity index (χ3v) is 3.76. The van der Waals surface area contributed by atoms with E-state index in [1.54, 1.807) is 29.2 Å². The van der Waals surface area contributed by atoms with Crippen molar-refractivity contribution in [2.45, 2.75) is 25.8 Å². The molecule has 1 saturated carbocycles. The summed E-state index contributed by atoms with van der Waals surface area (Å²) in [6.07, 6.45) is 1.73. The van der Waals surface area contributed by atoms with E-state index in [2.05, 4.69) is 5.32 Å². The van der Waals surface area contributed by atoms with Crippen LogP contribution in [0.2, 0.25) is 0 Å². The van der Waals surface area contributed by atoms with Crippen molar-refractivity contribution in [3.05, 3.63) is 59.7 Å². The molecule has 2 aromatic rings. The highest BCUT2D eigenvalue weighted by atomic mass is 19.2. The molecule has 4 nitrogen and oxygen atoms in total. The van der Waals surface area contributed by atoms with Gasteiger partial charge in [0.1, 0.15) is 0 Å². The maximum Gasteiger partial charge on any atom is 0.258 e. The molecule has 24 heavy (non-hydrogen) atoms. The van der Waals surface area contributed by atoms with E-state index >= 15 is 0 Å². The van der Waals surface area contributed by atoms with Crippen LogP contribution in [0.3, 0.4) is 0 Å². The first-order chi connectivity index (χ1) is 11.5. The minimum Gasteiger partial charge on any atom is -0.326 e. The molecular formula is C18H16F2N2O2. The Morgan fingerprint density at radius 1 is 1.04 bits per heavy atom. The van der Waals surface area contributed by atoms with Gasteiger partial charge in [-0.2, -0.15) is 0 Å². The summed E-state index contributed by atoms with van der Waals surface area (Å²) in [6.45, 7) is 1.41. The molecule has 0 radical (unpaired) electrons. The maximum absolute atomic E-state index is 13.4. The van der Waals surface area contributed by atoms with Gasteiger partial charge in [0.2, 0.25) is 5.91 Å². The number of halogens is 2. The number of nitrogens with zero attached hydrogens (tertiary/aromatic N) is 1. The van der Waals surface area contributed by atoms with Gasteiger partial charge in [0.15, 0.2) is 11.6 Å². The summed E-state index contributed by atoms with van der Waals surface area (Å²) < 4.78 is 26.5. The van der Waals surface area contributed by atoms with Crippen LogP contribution in [0.4, 0.5) is 20.2 Å². The molecule has 3 rings (SSSR count). The number of anilines is 2. The first-order valence-corrected chi connectivity index (χ1v) is 7.62. The van der Waals surface area contributed by atoms with E-state index in [-0.39, 0.29) is 23.4 Å². The number of carbonyl (C=O) groups is 2. The molecule has 0 saturated heterocycles. The minimum atomic E-state index is -1.04. The van der Waals surface area contributed by atoms with Crippen LogP contribution >= 0.6 is 0 Å². The lowest BCUT2D eigenvalue weighted by atomic mass is 10.1. The van der Waals surface area contributed by atoms with Gasteiger partial charge in [0.25, 0.3) is 5.91 Å². The number of benzene rings is 2. The monoisotopic (exact) mass is 330 g/mol. The van der Waals surface area contributed by atoms with Crippen LogP contribution in [0.5, 0.6) is 0 Å². The zero-order valence-electron chi connectivity index (χ0n) is 13.1. The van der Waals surface area contributed by atoms with Gasteiger partial charge >= 0.3 is 0 Å². The van der Waals surface area contributed by atoms with Crippen molar-refractivity contribution in [2.24, 2.45) is 0 Å². The summed E-state index contributed by atoms with van der Waals surface area (Å²) in [5.41, 5.74) is 1.38. The lowest BCUT2D eigenvalue weighted by Crippen LogP contribution is -2.33. The number of nitrogens with one attached hydrogen (secondary N) is 1. The summed E-state index contributed by atoms with van der Waals surface area (Å²) in [7, 11) is 0. The zero-order valence-corrected chi connectivity index (χ0v) is 13.1. The normalized spacial score (nSPS) is 13.5. The Kier molecular flexibility index (Phi) is 4.29. The van der Waals surface area contributed by atoms with Gasteiger partial charge in [-0.05, 0) is 55.3 Å². The quantitative estimate of drug-likeness (QED) is 0.928. The van der Waals surface area contributed by atoms with Crippen LogP contribution in [0.25, 0.3) is 0 Å². The van der Waals surface area contributed by atoms with E-state index in [1.165, 1.54) is 13.0 Å². The van der Waals surface area contributed by atoms with E-state index in [0.29, 0.717) is 11.4 Å². The predicted molar refractivity (Wildman–Crippen MR) is 86.9 cm³/mol. The maximum atomic E-state index is 13.4. The molecule has 0 aromatic heterocycles. The smallest absolute Gasteiger partial charge is 0.258 e. The second-order valence-electron chi connectivity index (χ2n) is 5.76. The summed E-state index contributed by atoms with van der Waals surface area (Å²) >= 11 is 0. The topological polar surface area (TPSA) is 49.4 Å². The Morgan fingerprint density at radius 2 is 1.71 bits per heavy atom. The van der Waals surface area contributed by atoms with E-state index in [4.69, 9.17) is 0 Å². The second-order valence-corrected chi connectivity index (χ2v) is 5.76. The molecule has 0 bridgehead atoms. The molecule has 0 spiro atoms. The highest BCUT2D eigenvalue weighted by Crippen LogP contribution is 2.33. The van der Waals surface area contributed by atoms with E-state index in [1.807, 2.05) is 0 Å². The van der Waals surface area contributed by atoms with Crippen LogP contribution in [0.15, 0.2) is 42.5 Å². The molecule has 1 fully saturated rings. The van der Waals surface area contributed by atoms with Crippen molar-refractivity contribution < 1.29 is 18.4 Å². The summed E-state index contributed by atoms with van der Waals surface area (Å²) in [5.74, 6) is -2.58. The summed E-state index contributed by atoms with van der Waals surface area (Å²) in [4.78, 5) is 25.4. The van der Waals surface area contributed by atoms with Crippen LogP contribution in [0.1, 0.15) is 30.1 Å². The predicted octanol–water partition coefficient (Wildman–Crippen LogP) is 3.73. The molecule has 0 heterocycles. The molecule has 6 heteroatoms. The SMILES string of the molecule is CC(=O)Nc1ccc(N(C(=O)c2ccc(F)c(F)c2)C2CC2)cc1. The van der Waals surface area contributed by atoms with Crippen molar-refractivity contribution in [3.8, 4) is 0 Å². The van der Waals surface area contributed by atoms with E-state index in [9.17, 15) is 18.4 Å². The van der Waals surface area contributed by atoms with Gasteiger partial charge in [-0.25, -0.2) is 8.78 Å². The molecular weight excluding hydrogens is 314 g/mol. The average molecular weight is 330 g/mol. The average Bonchev–Trinajstić information content (AvgIpc) is 3.36. The van der Waals surface area contributed by atoms with Crippen LogP contribution in [-0.2, 0) is 4.79 Å². The Labute approximate surface area is 138 Å². The van der Waals surface area contributed by atoms with Gasteiger partial charge in [-0.15, -0.1) is 0 Å². The first-order valence-electron chi connectivity index (χ1n) is 7.62. The van der Waals surface area contributed by atoms with Crippen molar-refractivity contribution in [1.29, 1.82) is 0 Å². The molecule has 0 unspecified atom stereocenters. The van der Waals surface area contributed by atoms with E-state index in [0.717, 1.165) is 25.0 Å². The van der Waals surface area contributed by atoms with Gasteiger partial charge in [0, 0.05) is 29.9 Å². The zero-order chi connectivity index (χ0) is 17.3. The highest BCUT2D eigenvalue weighted by molar-refractivity contribution is 6.07. The van der Waals surface area contributed by atoms with Gasteiger partial charge in [0.05, 0.1) is 0 Å². The number of hydrogen-bond acceptors (Lipinski definition) is 2. The van der Waals surface area contributed by atoms with Gasteiger partial charge < -0.3 is 10.2 Å². The summed E-state index contributed by atoms with van der Waals surface area (Å²) in [6, 6.07) is 10.0. The van der Waals surface area contributed by atoms with Crippen LogP contribution in [0, 0.1) is 11.6 Å². The Hall–Kier alpha value is -2.76. The Morgan fingerprint density at radius 3 is 2.25 bits per heavy atom. The molecule has 0 aliphatic heterocycles. The molecule has 124 valence electrons. The molecule has 2 aromatic carbocycles. The molecule has 0 atom stereocenters. The third-order valence-electron chi connectivity index (χ3n) is 3.76. The Balaban J connectivity index is 1.88. The van der Waals surface area contributed by atoms with Crippen LogP contribution in [-0.4, -0.2) is 17.9 Å². The third kappa shape index (κ3) is 3.42. The van der Waals surface area contributed by atoms with Gasteiger partial charge in [-0.3, -0.25) is 9.59 Å². The summed E-state index contributed by atoms with van der Waals surface area (Å²) in [5, 5.41) is 2.66. The number of amides is 2. The largest absolute Gasteiger partial charge is 0.326 e. The van der Waals surface area contributed by atoms with E-state index < -0.39 is 11.6 Å². The fourth-order valence-corrected chi connectivity index (χ4v) is 2.50. The number of hydrogen-bond donors (Lipinski definition) is 1. The minimum absolute atomic E-state index is 0.0530. The second kappa shape index (κ2) is 6.39. The fourth-order valence-electron chi connectivity index (χ4n) is 2.50. The number of rotatable bonds is 4. The molecule has 2 amide bonds. The highest BCUT2D eigenvalue weighted by Gasteiger charge is 2.34. The first kappa shape index (κ1) is 16.1. The van der Waals surface area contributed by atoms with Crippen LogP contribution < -0.4 is 10.2 Å². The lowest BCUT2D eigenvalue weighted by molar-refractivity contribution is -0.114. The fraction of sp³-hybridized carbons (Fsp3) is 0.222. The molecule has 1 N–H and O–H groups in total. The molecule has 1 aliphatic rings. The van der Waals surface area contributed by atoms with Crippen molar-refractivity contribution in [1.82, 2.24) is 0 Å². The lowest BCUT2D eigenvalue weighted by Gasteiger charge is -2.23. The standard InChI is InChI=1S/C18H16F2N2O2/c1-11(23)21-13-3-5-14(6-4-13)22(15-7-8-15)18(24)12-2-9-16(19)17(20)10-12/h2-6,9-10,15H,7-8H2,1H3,(H,21,23). The van der Waals surface area contributed by atoms with Crippen molar-refractivity contribution in [3.63, 3.8) is 0 Å².